The summed E-state index contributed by atoms with van der Waals surface area (Å²) in [5, 5.41) is 3.24. The number of amides is 1. The van der Waals surface area contributed by atoms with Crippen LogP contribution in [0, 0.1) is 12.8 Å². The molecule has 2 atom stereocenters. The number of carbonyl (C=O) groups excluding carboxylic acids is 1. The van der Waals surface area contributed by atoms with E-state index in [4.69, 9.17) is 5.73 Å². The number of carbonyl (C=O) groups is 1. The van der Waals surface area contributed by atoms with Gasteiger partial charge in [0.25, 0.3) is 5.91 Å². The zero-order chi connectivity index (χ0) is 15.5. The minimum Gasteiger partial charge on any atom is -0.371 e. The van der Waals surface area contributed by atoms with Gasteiger partial charge >= 0.3 is 0 Å². The molecule has 1 aromatic carbocycles. The molecule has 0 bridgehead atoms. The Balaban J connectivity index is 0.00000144. The minimum absolute atomic E-state index is 0. The predicted molar refractivity (Wildman–Crippen MR) is 105 cm³/mol. The van der Waals surface area contributed by atoms with Crippen molar-refractivity contribution in [2.75, 3.05) is 24.5 Å². The lowest BCUT2D eigenvalue weighted by molar-refractivity contribution is 0.0929. The van der Waals surface area contributed by atoms with Crippen molar-refractivity contribution < 1.29 is 4.79 Å². The Morgan fingerprint density at radius 2 is 1.92 bits per heavy atom. The second-order valence-electron chi connectivity index (χ2n) is 6.72. The molecule has 1 aliphatic heterocycles. The van der Waals surface area contributed by atoms with E-state index in [1.807, 2.05) is 13.0 Å². The van der Waals surface area contributed by atoms with E-state index in [9.17, 15) is 4.79 Å². The highest BCUT2D eigenvalue weighted by Gasteiger charge is 2.29. The molecule has 1 aromatic rings. The topological polar surface area (TPSA) is 58.4 Å². The third-order valence-corrected chi connectivity index (χ3v) is 5.12. The van der Waals surface area contributed by atoms with Crippen LogP contribution in [0.25, 0.3) is 0 Å². The van der Waals surface area contributed by atoms with Crippen molar-refractivity contribution in [3.63, 3.8) is 0 Å². The first kappa shape index (κ1) is 21.1. The molecule has 3 N–H and O–H groups in total. The van der Waals surface area contributed by atoms with Crippen molar-refractivity contribution in [2.45, 2.75) is 45.1 Å². The van der Waals surface area contributed by atoms with Crippen molar-refractivity contribution in [1.82, 2.24) is 5.32 Å². The van der Waals surface area contributed by atoms with Crippen LogP contribution in [0.5, 0.6) is 0 Å². The van der Waals surface area contributed by atoms with Gasteiger partial charge in [0, 0.05) is 24.8 Å². The maximum absolute atomic E-state index is 12.8. The number of nitrogens with zero attached hydrogens (tertiary/aromatic N) is 1. The van der Waals surface area contributed by atoms with Gasteiger partial charge in [0.1, 0.15) is 0 Å². The summed E-state index contributed by atoms with van der Waals surface area (Å²) in [5.74, 6) is 0.500. The SMILES string of the molecule is Cc1ccc(N2CCCC2)c(C(=O)NC2CCCC2CN)c1.Cl.Cl. The highest BCUT2D eigenvalue weighted by Crippen LogP contribution is 2.28. The highest BCUT2D eigenvalue weighted by molar-refractivity contribution is 6.00. The average Bonchev–Trinajstić information content (AvgIpc) is 3.18. The molecule has 0 aromatic heterocycles. The fraction of sp³-hybridized carbons (Fsp3) is 0.611. The van der Waals surface area contributed by atoms with E-state index in [2.05, 4.69) is 22.3 Å². The molecule has 1 heterocycles. The van der Waals surface area contributed by atoms with Crippen LogP contribution in [0.4, 0.5) is 5.69 Å². The molecule has 6 heteroatoms. The fourth-order valence-corrected chi connectivity index (χ4v) is 3.82. The molecule has 24 heavy (non-hydrogen) atoms. The van der Waals surface area contributed by atoms with Crippen LogP contribution in [0.2, 0.25) is 0 Å². The van der Waals surface area contributed by atoms with E-state index >= 15 is 0 Å². The lowest BCUT2D eigenvalue weighted by Gasteiger charge is -2.24. The zero-order valence-electron chi connectivity index (χ0n) is 14.3. The lowest BCUT2D eigenvalue weighted by Crippen LogP contribution is -2.40. The van der Waals surface area contributed by atoms with Gasteiger partial charge in [-0.2, -0.15) is 0 Å². The maximum Gasteiger partial charge on any atom is 0.253 e. The van der Waals surface area contributed by atoms with Crippen molar-refractivity contribution >= 4 is 36.4 Å². The Bertz CT molecular complexity index is 547. The summed E-state index contributed by atoms with van der Waals surface area (Å²) in [7, 11) is 0. The molecule has 4 nitrogen and oxygen atoms in total. The number of anilines is 1. The summed E-state index contributed by atoms with van der Waals surface area (Å²) in [6.45, 7) is 4.82. The van der Waals surface area contributed by atoms with Gasteiger partial charge in [-0.3, -0.25) is 4.79 Å². The first-order valence-corrected chi connectivity index (χ1v) is 8.55. The van der Waals surface area contributed by atoms with E-state index in [1.54, 1.807) is 0 Å². The molecule has 2 aliphatic rings. The lowest BCUT2D eigenvalue weighted by atomic mass is 10.0. The molecule has 0 radical (unpaired) electrons. The zero-order valence-corrected chi connectivity index (χ0v) is 15.9. The summed E-state index contributed by atoms with van der Waals surface area (Å²) in [6, 6.07) is 6.47. The largest absolute Gasteiger partial charge is 0.371 e. The molecule has 1 aliphatic carbocycles. The molecule has 1 saturated heterocycles. The summed E-state index contributed by atoms with van der Waals surface area (Å²) < 4.78 is 0. The number of nitrogens with one attached hydrogen (secondary N) is 1. The van der Waals surface area contributed by atoms with Crippen LogP contribution in [-0.4, -0.2) is 31.6 Å². The van der Waals surface area contributed by atoms with Gasteiger partial charge in [0.05, 0.1) is 5.56 Å². The van der Waals surface area contributed by atoms with Crippen LogP contribution in [0.15, 0.2) is 18.2 Å². The molecule has 2 unspecified atom stereocenters. The average molecular weight is 374 g/mol. The van der Waals surface area contributed by atoms with Crippen molar-refractivity contribution in [2.24, 2.45) is 11.7 Å². The Labute approximate surface area is 157 Å². The normalized spacial score (nSPS) is 22.7. The maximum atomic E-state index is 12.8. The van der Waals surface area contributed by atoms with Crippen LogP contribution >= 0.6 is 24.8 Å². The molecular formula is C18H29Cl2N3O. The van der Waals surface area contributed by atoms with Crippen molar-refractivity contribution in [3.8, 4) is 0 Å². The van der Waals surface area contributed by atoms with Gasteiger partial charge in [0.2, 0.25) is 0 Å². The fourth-order valence-electron chi connectivity index (χ4n) is 3.82. The smallest absolute Gasteiger partial charge is 0.253 e. The van der Waals surface area contributed by atoms with E-state index in [0.29, 0.717) is 12.5 Å². The van der Waals surface area contributed by atoms with E-state index in [1.165, 1.54) is 19.3 Å². The Kier molecular flexibility index (Phi) is 8.34. The molecule has 1 amide bonds. The first-order chi connectivity index (χ1) is 10.7. The van der Waals surface area contributed by atoms with Gasteiger partial charge in [-0.1, -0.05) is 18.1 Å². The summed E-state index contributed by atoms with van der Waals surface area (Å²) >= 11 is 0. The third kappa shape index (κ3) is 4.56. The minimum atomic E-state index is 0. The quantitative estimate of drug-likeness (QED) is 0.850. The molecule has 2 fully saturated rings. The number of aryl methyl sites for hydroxylation is 1. The molecule has 3 rings (SSSR count). The predicted octanol–water partition coefficient (Wildman–Crippen LogP) is 3.30. The van der Waals surface area contributed by atoms with E-state index in [-0.39, 0.29) is 36.8 Å². The van der Waals surface area contributed by atoms with Crippen LogP contribution in [0.3, 0.4) is 0 Å². The summed E-state index contributed by atoms with van der Waals surface area (Å²) in [6.07, 6.45) is 5.78. The standard InChI is InChI=1S/C18H27N3O.2ClH/c1-13-7-8-17(21-9-2-3-10-21)15(11-13)18(22)20-16-6-4-5-14(16)12-19;;/h7-8,11,14,16H,2-6,9-10,12,19H2,1H3,(H,20,22);2*1H. The number of hydrogen-bond acceptors (Lipinski definition) is 3. The third-order valence-electron chi connectivity index (χ3n) is 5.12. The Morgan fingerprint density at radius 1 is 1.21 bits per heavy atom. The Morgan fingerprint density at radius 3 is 2.58 bits per heavy atom. The van der Waals surface area contributed by atoms with E-state index < -0.39 is 0 Å². The first-order valence-electron chi connectivity index (χ1n) is 8.55. The van der Waals surface area contributed by atoms with Crippen molar-refractivity contribution in [1.29, 1.82) is 0 Å². The number of hydrogen-bond donors (Lipinski definition) is 2. The highest BCUT2D eigenvalue weighted by atomic mass is 35.5. The summed E-state index contributed by atoms with van der Waals surface area (Å²) in [5.41, 5.74) is 8.88. The van der Waals surface area contributed by atoms with Gasteiger partial charge < -0.3 is 16.0 Å². The van der Waals surface area contributed by atoms with Gasteiger partial charge in [-0.15, -0.1) is 24.8 Å². The second kappa shape index (κ2) is 9.50. The van der Waals surface area contributed by atoms with Gasteiger partial charge in [-0.25, -0.2) is 0 Å². The number of benzene rings is 1. The second-order valence-corrected chi connectivity index (χ2v) is 6.72. The Hall–Kier alpha value is -0.970. The summed E-state index contributed by atoms with van der Waals surface area (Å²) in [4.78, 5) is 15.2. The van der Waals surface area contributed by atoms with Gasteiger partial charge in [0.15, 0.2) is 0 Å². The molecule has 136 valence electrons. The molecule has 1 saturated carbocycles. The molecular weight excluding hydrogens is 345 g/mol. The van der Waals surface area contributed by atoms with E-state index in [0.717, 1.165) is 42.7 Å². The van der Waals surface area contributed by atoms with Crippen LogP contribution < -0.4 is 16.0 Å². The number of rotatable bonds is 4. The van der Waals surface area contributed by atoms with Crippen LogP contribution in [-0.2, 0) is 0 Å². The monoisotopic (exact) mass is 373 g/mol. The number of nitrogens with two attached hydrogens (primary N) is 1. The van der Waals surface area contributed by atoms with Crippen molar-refractivity contribution in [3.05, 3.63) is 29.3 Å². The van der Waals surface area contributed by atoms with Gasteiger partial charge in [-0.05, 0) is 57.2 Å². The molecule has 0 spiro atoms. The van der Waals surface area contributed by atoms with Crippen LogP contribution in [0.1, 0.15) is 48.0 Å². The number of halogens is 2.